The first kappa shape index (κ1) is 14.2. The van der Waals surface area contributed by atoms with E-state index in [0.29, 0.717) is 5.65 Å². The highest BCUT2D eigenvalue weighted by Crippen LogP contribution is 2.34. The smallest absolute Gasteiger partial charge is 0.199 e. The number of tetrazole rings is 1. The minimum Gasteiger partial charge on any atom is -0.379 e. The van der Waals surface area contributed by atoms with E-state index in [9.17, 15) is 0 Å². The fraction of sp³-hybridized carbons (Fsp3) is 0.692. The molecule has 1 N–H and O–H groups in total. The molecule has 9 heteroatoms. The van der Waals surface area contributed by atoms with Crippen LogP contribution in [0.5, 0.6) is 0 Å². The third kappa shape index (κ3) is 2.53. The van der Waals surface area contributed by atoms with Crippen molar-refractivity contribution >= 4 is 23.2 Å². The number of fused-ring (bicyclic) bond motifs is 1. The average molecular weight is 321 g/mol. The maximum atomic E-state index is 5.50. The van der Waals surface area contributed by atoms with Crippen LogP contribution in [0.25, 0.3) is 5.65 Å². The van der Waals surface area contributed by atoms with Gasteiger partial charge in [0.1, 0.15) is 5.82 Å². The summed E-state index contributed by atoms with van der Waals surface area (Å²) in [7, 11) is 0. The number of anilines is 1. The topological polar surface area (TPSA) is 80.5 Å². The molecule has 2 saturated heterocycles. The van der Waals surface area contributed by atoms with Crippen LogP contribution >= 0.6 is 11.8 Å². The zero-order valence-electron chi connectivity index (χ0n) is 12.3. The van der Waals surface area contributed by atoms with Crippen molar-refractivity contribution in [1.29, 1.82) is 0 Å². The van der Waals surface area contributed by atoms with Gasteiger partial charge in [-0.25, -0.2) is 0 Å². The molecule has 1 atom stereocenters. The number of hydrogen-bond donors (Lipinski definition) is 1. The van der Waals surface area contributed by atoms with Crippen molar-refractivity contribution < 1.29 is 4.74 Å². The summed E-state index contributed by atoms with van der Waals surface area (Å²) >= 11 is 2.03. The van der Waals surface area contributed by atoms with Crippen LogP contribution in [-0.4, -0.2) is 79.8 Å². The van der Waals surface area contributed by atoms with E-state index in [1.54, 1.807) is 16.9 Å². The number of aromatic nitrogens is 5. The molecule has 2 aliphatic rings. The monoisotopic (exact) mass is 321 g/mol. The van der Waals surface area contributed by atoms with Gasteiger partial charge in [-0.2, -0.15) is 16.3 Å². The Morgan fingerprint density at radius 3 is 3.05 bits per heavy atom. The first-order valence-electron chi connectivity index (χ1n) is 7.54. The van der Waals surface area contributed by atoms with E-state index >= 15 is 0 Å². The van der Waals surface area contributed by atoms with Gasteiger partial charge in [-0.05, 0) is 22.6 Å². The first-order valence-corrected chi connectivity index (χ1v) is 8.69. The van der Waals surface area contributed by atoms with Gasteiger partial charge in [0.05, 0.1) is 25.6 Å². The molecule has 0 spiro atoms. The van der Waals surface area contributed by atoms with Crippen molar-refractivity contribution in [1.82, 2.24) is 29.9 Å². The third-order valence-electron chi connectivity index (χ3n) is 4.47. The molecular formula is C13H19N7OS. The summed E-state index contributed by atoms with van der Waals surface area (Å²) in [4.78, 5) is 6.78. The number of thioether (sulfide) groups is 1. The lowest BCUT2D eigenvalue weighted by atomic mass is 9.95. The maximum Gasteiger partial charge on any atom is 0.199 e. The largest absolute Gasteiger partial charge is 0.379 e. The summed E-state index contributed by atoms with van der Waals surface area (Å²) in [6, 6.07) is 0. The summed E-state index contributed by atoms with van der Waals surface area (Å²) in [6.07, 6.45) is 4.64. The number of morpholine rings is 1. The number of nitrogens with zero attached hydrogens (tertiary/aromatic N) is 6. The van der Waals surface area contributed by atoms with Crippen molar-refractivity contribution in [2.45, 2.75) is 12.0 Å². The molecule has 0 aliphatic carbocycles. The van der Waals surface area contributed by atoms with Crippen molar-refractivity contribution in [3.8, 4) is 0 Å². The third-order valence-corrected chi connectivity index (χ3v) is 5.71. The highest BCUT2D eigenvalue weighted by molar-refractivity contribution is 7.99. The normalized spacial score (nSPS) is 26.5. The van der Waals surface area contributed by atoms with Crippen molar-refractivity contribution in [2.24, 2.45) is 0 Å². The van der Waals surface area contributed by atoms with Gasteiger partial charge in [0.2, 0.25) is 0 Å². The first-order chi connectivity index (χ1) is 10.9. The Morgan fingerprint density at radius 1 is 1.32 bits per heavy atom. The summed E-state index contributed by atoms with van der Waals surface area (Å²) < 4.78 is 7.20. The van der Waals surface area contributed by atoms with Crippen LogP contribution in [-0.2, 0) is 4.74 Å². The fourth-order valence-corrected chi connectivity index (χ4v) is 4.66. The van der Waals surface area contributed by atoms with Crippen LogP contribution in [0.1, 0.15) is 6.42 Å². The molecule has 1 unspecified atom stereocenters. The lowest BCUT2D eigenvalue weighted by Gasteiger charge is -2.43. The van der Waals surface area contributed by atoms with Crippen LogP contribution in [0.4, 0.5) is 5.82 Å². The lowest BCUT2D eigenvalue weighted by Crippen LogP contribution is -2.57. The Balaban J connectivity index is 1.53. The molecule has 2 fully saturated rings. The van der Waals surface area contributed by atoms with E-state index in [-0.39, 0.29) is 5.54 Å². The van der Waals surface area contributed by atoms with Gasteiger partial charge in [-0.15, -0.1) is 5.10 Å². The van der Waals surface area contributed by atoms with E-state index in [0.717, 1.165) is 44.4 Å². The molecule has 0 aromatic carbocycles. The van der Waals surface area contributed by atoms with Crippen molar-refractivity contribution in [2.75, 3.05) is 49.7 Å². The molecular weight excluding hydrogens is 302 g/mol. The van der Waals surface area contributed by atoms with Crippen LogP contribution in [0, 0.1) is 0 Å². The second kappa shape index (κ2) is 5.98. The highest BCUT2D eigenvalue weighted by atomic mass is 32.2. The van der Waals surface area contributed by atoms with Crippen molar-refractivity contribution in [3.63, 3.8) is 0 Å². The minimum absolute atomic E-state index is 0.185. The molecule has 2 aromatic rings. The molecule has 0 radical (unpaired) electrons. The Morgan fingerprint density at radius 2 is 2.23 bits per heavy atom. The summed E-state index contributed by atoms with van der Waals surface area (Å²) in [5.41, 5.74) is 0.844. The molecule has 22 heavy (non-hydrogen) atoms. The van der Waals surface area contributed by atoms with E-state index in [4.69, 9.17) is 4.74 Å². The molecule has 118 valence electrons. The van der Waals surface area contributed by atoms with Crippen molar-refractivity contribution in [3.05, 3.63) is 12.4 Å². The van der Waals surface area contributed by atoms with Crippen LogP contribution < -0.4 is 5.32 Å². The summed E-state index contributed by atoms with van der Waals surface area (Å²) in [6.45, 7) is 4.55. The summed E-state index contributed by atoms with van der Waals surface area (Å²) in [5, 5.41) is 15.2. The van der Waals surface area contributed by atoms with Gasteiger partial charge in [0.25, 0.3) is 0 Å². The average Bonchev–Trinajstić information content (AvgIpc) is 3.24. The fourth-order valence-electron chi connectivity index (χ4n) is 3.19. The highest BCUT2D eigenvalue weighted by Gasteiger charge is 2.40. The van der Waals surface area contributed by atoms with Gasteiger partial charge in [0.15, 0.2) is 5.65 Å². The number of ether oxygens (including phenoxy) is 1. The molecule has 0 amide bonds. The van der Waals surface area contributed by atoms with E-state index in [2.05, 4.69) is 30.7 Å². The predicted octanol–water partition coefficient (Wildman–Crippen LogP) is 0.139. The molecule has 4 heterocycles. The van der Waals surface area contributed by atoms with Crippen LogP contribution in [0.2, 0.25) is 0 Å². The molecule has 2 aromatic heterocycles. The standard InChI is InChI=1S/C13H19N7OS/c1-6-22-10-13(1,19-2-4-21-5-3-19)9-15-11-7-14-8-12-16-17-18-20(11)12/h7-8,15H,1-6,9-10H2. The number of nitrogens with one attached hydrogen (secondary N) is 1. The Hall–Kier alpha value is -1.45. The number of hydrogen-bond acceptors (Lipinski definition) is 8. The van der Waals surface area contributed by atoms with Gasteiger partial charge in [0, 0.05) is 30.9 Å². The Labute approximate surface area is 132 Å². The Bertz CT molecular complexity index is 636. The van der Waals surface area contributed by atoms with E-state index < -0.39 is 0 Å². The molecule has 0 bridgehead atoms. The second-order valence-electron chi connectivity index (χ2n) is 5.72. The number of rotatable bonds is 4. The molecule has 0 saturated carbocycles. The van der Waals surface area contributed by atoms with E-state index in [1.165, 1.54) is 12.2 Å². The van der Waals surface area contributed by atoms with E-state index in [1.807, 2.05) is 11.8 Å². The second-order valence-corrected chi connectivity index (χ2v) is 6.83. The molecule has 2 aliphatic heterocycles. The maximum absolute atomic E-state index is 5.50. The lowest BCUT2D eigenvalue weighted by molar-refractivity contribution is -0.00924. The predicted molar refractivity (Wildman–Crippen MR) is 84.1 cm³/mol. The summed E-state index contributed by atoms with van der Waals surface area (Å²) in [5.74, 6) is 3.21. The van der Waals surface area contributed by atoms with Gasteiger partial charge < -0.3 is 10.1 Å². The van der Waals surface area contributed by atoms with Crippen LogP contribution in [0.15, 0.2) is 12.4 Å². The van der Waals surface area contributed by atoms with Crippen LogP contribution in [0.3, 0.4) is 0 Å². The minimum atomic E-state index is 0.185. The SMILES string of the molecule is c1ncc2nnnn2c1NCC1(N2CCOCC2)CCSC1. The van der Waals surface area contributed by atoms with Gasteiger partial charge in [-0.1, -0.05) is 0 Å². The van der Waals surface area contributed by atoms with Gasteiger partial charge in [-0.3, -0.25) is 9.88 Å². The molecule has 8 nitrogen and oxygen atoms in total. The van der Waals surface area contributed by atoms with Gasteiger partial charge >= 0.3 is 0 Å². The quantitative estimate of drug-likeness (QED) is 0.852. The Kier molecular flexibility index (Phi) is 3.85. The zero-order valence-corrected chi connectivity index (χ0v) is 13.1. The molecule has 4 rings (SSSR count). The zero-order chi connectivity index (χ0) is 14.8.